The van der Waals surface area contributed by atoms with Crippen molar-refractivity contribution in [1.82, 2.24) is 20.1 Å². The van der Waals surface area contributed by atoms with E-state index in [1.807, 2.05) is 0 Å². The Hall–Kier alpha value is -2.12. The maximum atomic E-state index is 12.3. The number of carbonyl (C=O) groups is 2. The van der Waals surface area contributed by atoms with E-state index in [0.717, 1.165) is 12.8 Å². The van der Waals surface area contributed by atoms with Crippen LogP contribution in [0.15, 0.2) is 18.2 Å². The number of nitrogens with zero attached hydrogens (tertiary/aromatic N) is 3. The van der Waals surface area contributed by atoms with Gasteiger partial charge in [0.15, 0.2) is 0 Å². The fourth-order valence-corrected chi connectivity index (χ4v) is 3.08. The molecular formula is C16H16Cl2N4O3. The number of carboxylic acids is 1. The highest BCUT2D eigenvalue weighted by Crippen LogP contribution is 2.33. The first kappa shape index (κ1) is 17.7. The van der Waals surface area contributed by atoms with E-state index in [1.165, 1.54) is 4.68 Å². The van der Waals surface area contributed by atoms with Crippen molar-refractivity contribution in [2.24, 2.45) is 5.92 Å². The van der Waals surface area contributed by atoms with Gasteiger partial charge in [-0.3, -0.25) is 4.79 Å². The van der Waals surface area contributed by atoms with E-state index in [9.17, 15) is 14.7 Å². The number of rotatable bonds is 6. The number of aromatic nitrogens is 3. The molecule has 1 amide bonds. The number of nitrogens with one attached hydrogen (secondary N) is 1. The molecule has 7 nitrogen and oxygen atoms in total. The molecule has 0 spiro atoms. The molecule has 25 heavy (non-hydrogen) atoms. The van der Waals surface area contributed by atoms with Crippen LogP contribution in [0, 0.1) is 12.8 Å². The Kier molecular flexibility index (Phi) is 4.96. The van der Waals surface area contributed by atoms with E-state index in [0.29, 0.717) is 33.9 Å². The lowest BCUT2D eigenvalue weighted by atomic mass is 10.1. The summed E-state index contributed by atoms with van der Waals surface area (Å²) in [5, 5.41) is 16.6. The van der Waals surface area contributed by atoms with Crippen LogP contribution >= 0.6 is 23.2 Å². The SMILES string of the molecule is Cc1nc(C(=O)NC(CC2CC2)C(=O)O)nn1-c1c(Cl)cccc1Cl. The Morgan fingerprint density at radius 1 is 1.36 bits per heavy atom. The molecule has 2 N–H and O–H groups in total. The van der Waals surface area contributed by atoms with Crippen LogP contribution in [0.3, 0.4) is 0 Å². The molecule has 9 heteroatoms. The average Bonchev–Trinajstić information content (AvgIpc) is 3.28. The molecule has 3 rings (SSSR count). The van der Waals surface area contributed by atoms with E-state index >= 15 is 0 Å². The average molecular weight is 383 g/mol. The third-order valence-electron chi connectivity index (χ3n) is 3.99. The number of hydrogen-bond acceptors (Lipinski definition) is 4. The minimum Gasteiger partial charge on any atom is -0.480 e. The van der Waals surface area contributed by atoms with Crippen LogP contribution in [0.25, 0.3) is 5.69 Å². The predicted octanol–water partition coefficient (Wildman–Crippen LogP) is 2.87. The van der Waals surface area contributed by atoms with Crippen molar-refractivity contribution in [3.8, 4) is 5.69 Å². The van der Waals surface area contributed by atoms with E-state index < -0.39 is 17.9 Å². The molecule has 1 unspecified atom stereocenters. The summed E-state index contributed by atoms with van der Waals surface area (Å²) in [6.07, 6.45) is 2.41. The van der Waals surface area contributed by atoms with Crippen LogP contribution < -0.4 is 5.32 Å². The van der Waals surface area contributed by atoms with E-state index in [4.69, 9.17) is 23.2 Å². The lowest BCUT2D eigenvalue weighted by Crippen LogP contribution is -2.41. The van der Waals surface area contributed by atoms with Crippen molar-refractivity contribution >= 4 is 35.1 Å². The molecule has 1 aliphatic carbocycles. The first-order chi connectivity index (χ1) is 11.9. The molecule has 1 aliphatic rings. The normalized spacial score (nSPS) is 15.0. The van der Waals surface area contributed by atoms with Gasteiger partial charge in [-0.15, -0.1) is 5.10 Å². The van der Waals surface area contributed by atoms with E-state index in [2.05, 4.69) is 15.4 Å². The van der Waals surface area contributed by atoms with Gasteiger partial charge in [-0.25, -0.2) is 14.5 Å². The Balaban J connectivity index is 1.84. The fourth-order valence-electron chi connectivity index (χ4n) is 2.52. The zero-order chi connectivity index (χ0) is 18.1. The largest absolute Gasteiger partial charge is 0.480 e. The van der Waals surface area contributed by atoms with Crippen LogP contribution in [-0.4, -0.2) is 37.8 Å². The van der Waals surface area contributed by atoms with Crippen molar-refractivity contribution < 1.29 is 14.7 Å². The first-order valence-corrected chi connectivity index (χ1v) is 8.54. The van der Waals surface area contributed by atoms with Gasteiger partial charge < -0.3 is 10.4 Å². The number of hydrogen-bond donors (Lipinski definition) is 2. The maximum absolute atomic E-state index is 12.3. The summed E-state index contributed by atoms with van der Waals surface area (Å²) < 4.78 is 1.37. The van der Waals surface area contributed by atoms with Crippen LogP contribution in [0.5, 0.6) is 0 Å². The van der Waals surface area contributed by atoms with Crippen molar-refractivity contribution in [2.75, 3.05) is 0 Å². The third-order valence-corrected chi connectivity index (χ3v) is 4.60. The molecule has 1 atom stereocenters. The number of aliphatic carboxylic acids is 1. The van der Waals surface area contributed by atoms with Crippen molar-refractivity contribution in [1.29, 1.82) is 0 Å². The molecule has 0 saturated heterocycles. The van der Waals surface area contributed by atoms with Gasteiger partial charge in [-0.1, -0.05) is 42.1 Å². The fraction of sp³-hybridized carbons (Fsp3) is 0.375. The van der Waals surface area contributed by atoms with Gasteiger partial charge >= 0.3 is 5.97 Å². The smallest absolute Gasteiger partial charge is 0.326 e. The first-order valence-electron chi connectivity index (χ1n) is 7.78. The van der Waals surface area contributed by atoms with Gasteiger partial charge in [0.1, 0.15) is 17.6 Å². The monoisotopic (exact) mass is 382 g/mol. The zero-order valence-electron chi connectivity index (χ0n) is 13.4. The summed E-state index contributed by atoms with van der Waals surface area (Å²) in [4.78, 5) is 27.8. The molecule has 132 valence electrons. The summed E-state index contributed by atoms with van der Waals surface area (Å²) in [6, 6.07) is 4.05. The van der Waals surface area contributed by atoms with Gasteiger partial charge in [0.05, 0.1) is 10.0 Å². The van der Waals surface area contributed by atoms with Gasteiger partial charge in [0.2, 0.25) is 5.82 Å². The quantitative estimate of drug-likeness (QED) is 0.800. The maximum Gasteiger partial charge on any atom is 0.326 e. The second-order valence-corrected chi connectivity index (χ2v) is 6.82. The molecule has 1 aromatic heterocycles. The lowest BCUT2D eigenvalue weighted by molar-refractivity contribution is -0.139. The predicted molar refractivity (Wildman–Crippen MR) is 92.3 cm³/mol. The molecule has 2 aromatic rings. The minimum atomic E-state index is -1.06. The molecule has 0 aliphatic heterocycles. The second kappa shape index (κ2) is 7.01. The number of halogens is 2. The molecule has 1 saturated carbocycles. The molecular weight excluding hydrogens is 367 g/mol. The van der Waals surface area contributed by atoms with Crippen molar-refractivity contribution in [2.45, 2.75) is 32.2 Å². The highest BCUT2D eigenvalue weighted by Gasteiger charge is 2.31. The second-order valence-electron chi connectivity index (χ2n) is 6.01. The topological polar surface area (TPSA) is 97.1 Å². The molecule has 0 radical (unpaired) electrons. The Morgan fingerprint density at radius 2 is 2.00 bits per heavy atom. The van der Waals surface area contributed by atoms with Gasteiger partial charge in [-0.05, 0) is 31.4 Å². The van der Waals surface area contributed by atoms with Crippen LogP contribution in [0.4, 0.5) is 0 Å². The summed E-state index contributed by atoms with van der Waals surface area (Å²) in [5.74, 6) is -1.07. The van der Waals surface area contributed by atoms with E-state index in [-0.39, 0.29) is 5.82 Å². The third kappa shape index (κ3) is 3.93. The molecule has 1 heterocycles. The van der Waals surface area contributed by atoms with Crippen LogP contribution in [0.1, 0.15) is 35.7 Å². The molecule has 1 aromatic carbocycles. The number of carboxylic acid groups (broad SMARTS) is 1. The number of para-hydroxylation sites is 1. The molecule has 1 fully saturated rings. The number of amides is 1. The molecule has 0 bridgehead atoms. The standard InChI is InChI=1S/C16H16Cl2N4O3/c1-8-19-14(15(23)20-12(16(24)25)7-9-5-6-9)21-22(8)13-10(17)3-2-4-11(13)18/h2-4,9,12H,5-7H2,1H3,(H,20,23)(H,24,25). The summed E-state index contributed by atoms with van der Waals surface area (Å²) in [7, 11) is 0. The Labute approximate surface area is 154 Å². The highest BCUT2D eigenvalue weighted by molar-refractivity contribution is 6.37. The van der Waals surface area contributed by atoms with Gasteiger partial charge in [0, 0.05) is 0 Å². The lowest BCUT2D eigenvalue weighted by Gasteiger charge is -2.12. The number of carbonyl (C=O) groups excluding carboxylic acids is 1. The van der Waals surface area contributed by atoms with Crippen LogP contribution in [-0.2, 0) is 4.79 Å². The summed E-state index contributed by atoms with van der Waals surface area (Å²) >= 11 is 12.3. The van der Waals surface area contributed by atoms with Gasteiger partial charge in [-0.2, -0.15) is 0 Å². The number of aryl methyl sites for hydroxylation is 1. The summed E-state index contributed by atoms with van der Waals surface area (Å²) in [6.45, 7) is 1.66. The minimum absolute atomic E-state index is 0.129. The van der Waals surface area contributed by atoms with Gasteiger partial charge in [0.25, 0.3) is 5.91 Å². The Bertz CT molecular complexity index is 813. The summed E-state index contributed by atoms with van der Waals surface area (Å²) in [5.41, 5.74) is 0.419. The zero-order valence-corrected chi connectivity index (χ0v) is 14.9. The van der Waals surface area contributed by atoms with Crippen molar-refractivity contribution in [3.05, 3.63) is 39.9 Å². The highest BCUT2D eigenvalue weighted by atomic mass is 35.5. The van der Waals surface area contributed by atoms with Crippen LogP contribution in [0.2, 0.25) is 10.0 Å². The van der Waals surface area contributed by atoms with Crippen molar-refractivity contribution in [3.63, 3.8) is 0 Å². The number of benzene rings is 1. The Morgan fingerprint density at radius 3 is 2.56 bits per heavy atom. The van der Waals surface area contributed by atoms with E-state index in [1.54, 1.807) is 25.1 Å².